The number of rotatable bonds is 3. The second kappa shape index (κ2) is 7.34. The van der Waals surface area contributed by atoms with E-state index < -0.39 is 0 Å². The molecule has 6 heteroatoms. The predicted molar refractivity (Wildman–Crippen MR) is 102 cm³/mol. The van der Waals surface area contributed by atoms with E-state index in [-0.39, 0.29) is 41.6 Å². The summed E-state index contributed by atoms with van der Waals surface area (Å²) in [6, 6.07) is 7.35. The van der Waals surface area contributed by atoms with Gasteiger partial charge in [0.2, 0.25) is 5.91 Å². The van der Waals surface area contributed by atoms with E-state index in [0.717, 1.165) is 12.8 Å². The number of halogens is 1. The van der Waals surface area contributed by atoms with Crippen LogP contribution in [-0.4, -0.2) is 35.8 Å². The molecular weight excluding hydrogens is 338 g/mol. The molecule has 1 aliphatic heterocycles. The van der Waals surface area contributed by atoms with Gasteiger partial charge < -0.3 is 16.0 Å². The van der Waals surface area contributed by atoms with E-state index in [1.807, 2.05) is 17.0 Å². The summed E-state index contributed by atoms with van der Waals surface area (Å²) in [5.74, 6) is 0.645. The third-order valence-corrected chi connectivity index (χ3v) is 5.42. The lowest BCUT2D eigenvalue weighted by atomic mass is 9.79. The number of carbonyl (C=O) groups excluding carboxylic acids is 2. The number of nitrogens with one attached hydrogen (secondary N) is 1. The average Bonchev–Trinajstić information content (AvgIpc) is 3.26. The van der Waals surface area contributed by atoms with Gasteiger partial charge in [-0.25, -0.2) is 0 Å². The SMILES string of the molecule is CC1CC1C(=O)Nc1cccc(C(=O)N2CCC(N)C(C)(C)C2)c1.Cl. The Morgan fingerprint density at radius 1 is 1.32 bits per heavy atom. The minimum atomic E-state index is -0.0815. The highest BCUT2D eigenvalue weighted by molar-refractivity contribution is 5.98. The molecule has 138 valence electrons. The van der Waals surface area contributed by atoms with Gasteiger partial charge >= 0.3 is 0 Å². The predicted octanol–water partition coefficient (Wildman–Crippen LogP) is 2.90. The topological polar surface area (TPSA) is 75.4 Å². The molecule has 1 heterocycles. The van der Waals surface area contributed by atoms with Gasteiger partial charge in [-0.15, -0.1) is 12.4 Å². The monoisotopic (exact) mass is 365 g/mol. The fourth-order valence-electron chi connectivity index (χ4n) is 3.38. The molecule has 2 amide bonds. The van der Waals surface area contributed by atoms with Crippen LogP contribution in [0.2, 0.25) is 0 Å². The first-order valence-electron chi connectivity index (χ1n) is 8.74. The Kier molecular flexibility index (Phi) is 5.79. The second-order valence-electron chi connectivity index (χ2n) is 8.00. The molecule has 3 rings (SSSR count). The van der Waals surface area contributed by atoms with E-state index in [9.17, 15) is 9.59 Å². The summed E-state index contributed by atoms with van der Waals surface area (Å²) in [7, 11) is 0. The molecule has 5 nitrogen and oxygen atoms in total. The Morgan fingerprint density at radius 2 is 2.00 bits per heavy atom. The molecule has 1 saturated carbocycles. The lowest BCUT2D eigenvalue weighted by Crippen LogP contribution is -2.54. The van der Waals surface area contributed by atoms with Crippen molar-refractivity contribution in [3.8, 4) is 0 Å². The van der Waals surface area contributed by atoms with Crippen molar-refractivity contribution in [1.29, 1.82) is 0 Å². The maximum Gasteiger partial charge on any atom is 0.253 e. The summed E-state index contributed by atoms with van der Waals surface area (Å²) in [4.78, 5) is 26.7. The standard InChI is InChI=1S/C19H27N3O2.ClH/c1-12-9-15(12)17(23)21-14-6-4-5-13(10-14)18(24)22-8-7-16(20)19(2,3)11-22;/h4-6,10,12,15-16H,7-9,11,20H2,1-3H3,(H,21,23);1H. The van der Waals surface area contributed by atoms with Gasteiger partial charge in [-0.1, -0.05) is 26.8 Å². The number of benzene rings is 1. The number of nitrogens with zero attached hydrogens (tertiary/aromatic N) is 1. The number of amides is 2. The zero-order valence-corrected chi connectivity index (χ0v) is 15.9. The summed E-state index contributed by atoms with van der Waals surface area (Å²) in [6.45, 7) is 7.62. The van der Waals surface area contributed by atoms with Crippen LogP contribution in [-0.2, 0) is 4.79 Å². The van der Waals surface area contributed by atoms with Crippen LogP contribution in [0.4, 0.5) is 5.69 Å². The van der Waals surface area contributed by atoms with E-state index in [4.69, 9.17) is 5.73 Å². The van der Waals surface area contributed by atoms with E-state index in [1.54, 1.807) is 12.1 Å². The zero-order valence-electron chi connectivity index (χ0n) is 15.1. The minimum Gasteiger partial charge on any atom is -0.338 e. The number of carbonyl (C=O) groups is 2. The smallest absolute Gasteiger partial charge is 0.253 e. The largest absolute Gasteiger partial charge is 0.338 e. The number of hydrogen-bond donors (Lipinski definition) is 2. The van der Waals surface area contributed by atoms with E-state index in [0.29, 0.717) is 30.3 Å². The molecular formula is C19H28ClN3O2. The van der Waals surface area contributed by atoms with Crippen molar-refractivity contribution in [3.05, 3.63) is 29.8 Å². The third-order valence-electron chi connectivity index (χ3n) is 5.42. The van der Waals surface area contributed by atoms with Crippen molar-refractivity contribution in [1.82, 2.24) is 4.90 Å². The molecule has 0 aromatic heterocycles. The Balaban J connectivity index is 0.00000225. The molecule has 0 spiro atoms. The van der Waals surface area contributed by atoms with Gasteiger partial charge in [0, 0.05) is 36.3 Å². The summed E-state index contributed by atoms with van der Waals surface area (Å²) >= 11 is 0. The van der Waals surface area contributed by atoms with Crippen molar-refractivity contribution in [2.75, 3.05) is 18.4 Å². The van der Waals surface area contributed by atoms with E-state index >= 15 is 0 Å². The maximum atomic E-state index is 12.8. The van der Waals surface area contributed by atoms with E-state index in [1.165, 1.54) is 0 Å². The van der Waals surface area contributed by atoms with Crippen LogP contribution in [0.15, 0.2) is 24.3 Å². The zero-order chi connectivity index (χ0) is 17.5. The molecule has 3 atom stereocenters. The molecule has 0 bridgehead atoms. The Labute approximate surface area is 155 Å². The molecule has 1 aromatic carbocycles. The molecule has 1 saturated heterocycles. The number of nitrogens with two attached hydrogens (primary N) is 1. The van der Waals surface area contributed by atoms with Crippen molar-refractivity contribution in [2.45, 2.75) is 39.7 Å². The van der Waals surface area contributed by atoms with Gasteiger partial charge in [0.15, 0.2) is 0 Å². The number of piperidine rings is 1. The lowest BCUT2D eigenvalue weighted by Gasteiger charge is -2.42. The fraction of sp³-hybridized carbons (Fsp3) is 0.579. The number of anilines is 1. The van der Waals surface area contributed by atoms with Crippen LogP contribution < -0.4 is 11.1 Å². The lowest BCUT2D eigenvalue weighted by molar-refractivity contribution is -0.117. The van der Waals surface area contributed by atoms with Crippen LogP contribution in [0, 0.1) is 17.3 Å². The molecule has 1 aromatic rings. The Morgan fingerprint density at radius 3 is 2.60 bits per heavy atom. The highest BCUT2D eigenvalue weighted by atomic mass is 35.5. The molecule has 3 unspecified atom stereocenters. The summed E-state index contributed by atoms with van der Waals surface area (Å²) in [6.07, 6.45) is 1.77. The average molecular weight is 366 g/mol. The fourth-order valence-corrected chi connectivity index (χ4v) is 3.38. The number of hydrogen-bond acceptors (Lipinski definition) is 3. The van der Waals surface area contributed by atoms with Crippen LogP contribution >= 0.6 is 12.4 Å². The quantitative estimate of drug-likeness (QED) is 0.864. The summed E-state index contributed by atoms with van der Waals surface area (Å²) < 4.78 is 0. The molecule has 2 fully saturated rings. The maximum absolute atomic E-state index is 12.8. The van der Waals surface area contributed by atoms with Crippen molar-refractivity contribution in [2.24, 2.45) is 23.0 Å². The third kappa shape index (κ3) is 4.33. The van der Waals surface area contributed by atoms with Gasteiger partial charge in [0.05, 0.1) is 0 Å². The first-order chi connectivity index (χ1) is 11.3. The first-order valence-corrected chi connectivity index (χ1v) is 8.74. The molecule has 25 heavy (non-hydrogen) atoms. The van der Waals surface area contributed by atoms with Crippen LogP contribution in [0.25, 0.3) is 0 Å². The first kappa shape index (κ1) is 19.7. The van der Waals surface area contributed by atoms with Crippen molar-refractivity contribution >= 4 is 29.9 Å². The van der Waals surface area contributed by atoms with Crippen molar-refractivity contribution < 1.29 is 9.59 Å². The van der Waals surface area contributed by atoms with Gasteiger partial charge in [0.25, 0.3) is 5.91 Å². The molecule has 2 aliphatic rings. The minimum absolute atomic E-state index is 0. The van der Waals surface area contributed by atoms with Crippen molar-refractivity contribution in [3.63, 3.8) is 0 Å². The Hall–Kier alpha value is -1.59. The molecule has 0 radical (unpaired) electrons. The van der Waals surface area contributed by atoms with E-state index in [2.05, 4.69) is 26.1 Å². The van der Waals surface area contributed by atoms with Crippen LogP contribution in [0.1, 0.15) is 44.0 Å². The van der Waals surface area contributed by atoms with Gasteiger partial charge in [-0.3, -0.25) is 9.59 Å². The second-order valence-corrected chi connectivity index (χ2v) is 8.00. The Bertz CT molecular complexity index is 662. The molecule has 3 N–H and O–H groups in total. The summed E-state index contributed by atoms with van der Waals surface area (Å²) in [5, 5.41) is 2.93. The normalized spacial score (nSPS) is 27.2. The van der Waals surface area contributed by atoms with Gasteiger partial charge in [-0.05, 0) is 42.4 Å². The van der Waals surface area contributed by atoms with Gasteiger partial charge in [-0.2, -0.15) is 0 Å². The van der Waals surface area contributed by atoms with Gasteiger partial charge in [0.1, 0.15) is 0 Å². The van der Waals surface area contributed by atoms with Crippen LogP contribution in [0.5, 0.6) is 0 Å². The van der Waals surface area contributed by atoms with Crippen LogP contribution in [0.3, 0.4) is 0 Å². The molecule has 1 aliphatic carbocycles. The highest BCUT2D eigenvalue weighted by Gasteiger charge is 2.39. The highest BCUT2D eigenvalue weighted by Crippen LogP contribution is 2.38. The summed E-state index contributed by atoms with van der Waals surface area (Å²) in [5.41, 5.74) is 7.38. The number of likely N-dealkylation sites (tertiary alicyclic amines) is 1.